The number of anilines is 1. The molecule has 23 heavy (non-hydrogen) atoms. The minimum Gasteiger partial charge on any atom is -0.322 e. The third kappa shape index (κ3) is 3.82. The Kier molecular flexibility index (Phi) is 4.92. The normalized spacial score (nSPS) is 10.2. The number of carbonyl (C=O) groups is 1. The highest BCUT2D eigenvalue weighted by atomic mass is 79.9. The van der Waals surface area contributed by atoms with Crippen molar-refractivity contribution in [3.63, 3.8) is 0 Å². The number of benzene rings is 2. The van der Waals surface area contributed by atoms with E-state index in [1.54, 1.807) is 0 Å². The van der Waals surface area contributed by atoms with Gasteiger partial charge in [0.15, 0.2) is 0 Å². The second kappa shape index (κ2) is 6.71. The molecule has 2 rings (SSSR count). The minimum absolute atomic E-state index is 0.0394. The van der Waals surface area contributed by atoms with Crippen LogP contribution < -0.4 is 5.32 Å². The van der Waals surface area contributed by atoms with Crippen LogP contribution in [-0.2, 0) is 0 Å². The summed E-state index contributed by atoms with van der Waals surface area (Å²) in [5, 5.41) is 24.0. The summed E-state index contributed by atoms with van der Waals surface area (Å²) in [6.07, 6.45) is 0. The van der Waals surface area contributed by atoms with Gasteiger partial charge in [-0.05, 0) is 40.2 Å². The monoisotopic (exact) mass is 399 g/mol. The van der Waals surface area contributed by atoms with E-state index in [0.29, 0.717) is 0 Å². The van der Waals surface area contributed by atoms with Crippen LogP contribution in [0.25, 0.3) is 0 Å². The lowest BCUT2D eigenvalue weighted by molar-refractivity contribution is -0.385. The van der Waals surface area contributed by atoms with Gasteiger partial charge in [0, 0.05) is 23.4 Å². The van der Waals surface area contributed by atoms with Crippen molar-refractivity contribution in [2.24, 2.45) is 0 Å². The number of amides is 1. The average Bonchev–Trinajstić information content (AvgIpc) is 2.49. The molecule has 1 amide bonds. The van der Waals surface area contributed by atoms with Gasteiger partial charge in [-0.15, -0.1) is 0 Å². The van der Waals surface area contributed by atoms with Gasteiger partial charge in [0.1, 0.15) is 5.02 Å². The van der Waals surface area contributed by atoms with Crippen LogP contribution in [0.15, 0.2) is 40.9 Å². The SMILES string of the molecule is O=C(Nc1ccc(Cl)c([N+](=O)[O-])c1)c1ccc(Br)c([N+](=O)[O-])c1. The summed E-state index contributed by atoms with van der Waals surface area (Å²) in [5.41, 5.74) is -0.430. The molecular formula is C13H7BrClN3O5. The molecular weight excluding hydrogens is 394 g/mol. The summed E-state index contributed by atoms with van der Waals surface area (Å²) in [4.78, 5) is 32.5. The zero-order valence-electron chi connectivity index (χ0n) is 11.2. The standard InChI is InChI=1S/C13H7BrClN3O5/c14-9-3-1-7(5-11(9)17(20)21)13(19)16-8-2-4-10(15)12(6-8)18(22)23/h1-6H,(H,16,19). The highest BCUT2D eigenvalue weighted by molar-refractivity contribution is 9.10. The molecule has 0 bridgehead atoms. The Morgan fingerprint density at radius 2 is 1.70 bits per heavy atom. The van der Waals surface area contributed by atoms with Crippen molar-refractivity contribution in [3.8, 4) is 0 Å². The van der Waals surface area contributed by atoms with E-state index in [2.05, 4.69) is 21.2 Å². The molecule has 0 radical (unpaired) electrons. The van der Waals surface area contributed by atoms with E-state index in [4.69, 9.17) is 11.6 Å². The maximum absolute atomic E-state index is 12.1. The van der Waals surface area contributed by atoms with Crippen LogP contribution in [0, 0.1) is 20.2 Å². The second-order valence-corrected chi connectivity index (χ2v) is 5.56. The Balaban J connectivity index is 2.29. The Hall–Kier alpha value is -2.52. The third-order valence-electron chi connectivity index (χ3n) is 2.81. The largest absolute Gasteiger partial charge is 0.322 e. The van der Waals surface area contributed by atoms with E-state index in [-0.39, 0.29) is 32.1 Å². The van der Waals surface area contributed by atoms with Gasteiger partial charge in [-0.2, -0.15) is 0 Å². The van der Waals surface area contributed by atoms with E-state index >= 15 is 0 Å². The van der Waals surface area contributed by atoms with Crippen molar-refractivity contribution in [1.29, 1.82) is 0 Å². The van der Waals surface area contributed by atoms with Crippen molar-refractivity contribution in [3.05, 3.63) is 71.7 Å². The lowest BCUT2D eigenvalue weighted by atomic mass is 10.2. The number of nitro benzene ring substituents is 2. The third-order valence-corrected chi connectivity index (χ3v) is 3.80. The molecule has 0 aliphatic rings. The molecule has 0 aliphatic heterocycles. The maximum Gasteiger partial charge on any atom is 0.289 e. The lowest BCUT2D eigenvalue weighted by Gasteiger charge is -2.06. The Bertz CT molecular complexity index is 827. The number of nitro groups is 2. The first-order valence-electron chi connectivity index (χ1n) is 5.99. The lowest BCUT2D eigenvalue weighted by Crippen LogP contribution is -2.12. The average molecular weight is 401 g/mol. The van der Waals surface area contributed by atoms with E-state index < -0.39 is 15.8 Å². The molecule has 118 valence electrons. The molecule has 10 heteroatoms. The van der Waals surface area contributed by atoms with Gasteiger partial charge in [0.05, 0.1) is 14.3 Å². The van der Waals surface area contributed by atoms with E-state index in [9.17, 15) is 25.0 Å². The van der Waals surface area contributed by atoms with Gasteiger partial charge in [-0.3, -0.25) is 25.0 Å². The van der Waals surface area contributed by atoms with Crippen LogP contribution in [0.2, 0.25) is 5.02 Å². The summed E-state index contributed by atoms with van der Waals surface area (Å²) in [5.74, 6) is -0.641. The predicted molar refractivity (Wildman–Crippen MR) is 86.9 cm³/mol. The van der Waals surface area contributed by atoms with E-state index in [1.165, 1.54) is 24.3 Å². The number of carbonyl (C=O) groups excluding carboxylic acids is 1. The van der Waals surface area contributed by atoms with Crippen molar-refractivity contribution >= 4 is 50.5 Å². The summed E-state index contributed by atoms with van der Waals surface area (Å²) in [6, 6.07) is 7.63. The van der Waals surface area contributed by atoms with Crippen molar-refractivity contribution < 1.29 is 14.6 Å². The number of hydrogen-bond donors (Lipinski definition) is 1. The first-order chi connectivity index (χ1) is 10.8. The molecule has 0 unspecified atom stereocenters. The van der Waals surface area contributed by atoms with Crippen LogP contribution in [0.3, 0.4) is 0 Å². The predicted octanol–water partition coefficient (Wildman–Crippen LogP) is 4.17. The Morgan fingerprint density at radius 3 is 2.30 bits per heavy atom. The van der Waals surface area contributed by atoms with Gasteiger partial charge >= 0.3 is 0 Å². The molecule has 0 atom stereocenters. The van der Waals surface area contributed by atoms with Gasteiger partial charge in [0.25, 0.3) is 17.3 Å². The molecule has 0 heterocycles. The summed E-state index contributed by atoms with van der Waals surface area (Å²) >= 11 is 8.70. The quantitative estimate of drug-likeness (QED) is 0.611. The number of rotatable bonds is 4. The minimum atomic E-state index is -0.678. The van der Waals surface area contributed by atoms with Crippen LogP contribution in [0.1, 0.15) is 10.4 Å². The summed E-state index contributed by atoms with van der Waals surface area (Å²) < 4.78 is 0.237. The smallest absolute Gasteiger partial charge is 0.289 e. The topological polar surface area (TPSA) is 115 Å². The molecule has 0 fully saturated rings. The zero-order valence-corrected chi connectivity index (χ0v) is 13.5. The zero-order chi connectivity index (χ0) is 17.1. The molecule has 8 nitrogen and oxygen atoms in total. The fraction of sp³-hybridized carbons (Fsp3) is 0. The van der Waals surface area contributed by atoms with Gasteiger partial charge < -0.3 is 5.32 Å². The van der Waals surface area contributed by atoms with Crippen LogP contribution in [-0.4, -0.2) is 15.8 Å². The van der Waals surface area contributed by atoms with Crippen molar-refractivity contribution in [2.45, 2.75) is 0 Å². The highest BCUT2D eigenvalue weighted by Crippen LogP contribution is 2.29. The van der Waals surface area contributed by atoms with E-state index in [1.807, 2.05) is 0 Å². The summed E-state index contributed by atoms with van der Waals surface area (Å²) in [6.45, 7) is 0. The molecule has 0 spiro atoms. The maximum atomic E-state index is 12.1. The van der Waals surface area contributed by atoms with Crippen molar-refractivity contribution in [2.75, 3.05) is 5.32 Å². The summed E-state index contributed by atoms with van der Waals surface area (Å²) in [7, 11) is 0. The molecule has 0 saturated carbocycles. The molecule has 0 aliphatic carbocycles. The number of hydrogen-bond acceptors (Lipinski definition) is 5. The highest BCUT2D eigenvalue weighted by Gasteiger charge is 2.18. The first-order valence-corrected chi connectivity index (χ1v) is 7.16. The van der Waals surface area contributed by atoms with Crippen LogP contribution in [0.5, 0.6) is 0 Å². The Morgan fingerprint density at radius 1 is 1.04 bits per heavy atom. The Labute approximate surface area is 142 Å². The van der Waals surface area contributed by atoms with Gasteiger partial charge in [-0.1, -0.05) is 11.6 Å². The van der Waals surface area contributed by atoms with Gasteiger partial charge in [-0.25, -0.2) is 0 Å². The second-order valence-electron chi connectivity index (χ2n) is 4.30. The first kappa shape index (κ1) is 16.8. The van der Waals surface area contributed by atoms with Crippen LogP contribution >= 0.6 is 27.5 Å². The molecule has 2 aromatic carbocycles. The van der Waals surface area contributed by atoms with E-state index in [0.717, 1.165) is 12.1 Å². The number of nitrogens with one attached hydrogen (secondary N) is 1. The molecule has 0 aromatic heterocycles. The van der Waals surface area contributed by atoms with Crippen molar-refractivity contribution in [1.82, 2.24) is 0 Å². The fourth-order valence-electron chi connectivity index (χ4n) is 1.73. The van der Waals surface area contributed by atoms with Crippen LogP contribution in [0.4, 0.5) is 17.1 Å². The van der Waals surface area contributed by atoms with Gasteiger partial charge in [0.2, 0.25) is 0 Å². The fourth-order valence-corrected chi connectivity index (χ4v) is 2.31. The molecule has 1 N–H and O–H groups in total. The molecule has 0 saturated heterocycles. The number of halogens is 2. The number of nitrogens with zero attached hydrogens (tertiary/aromatic N) is 2. The molecule has 2 aromatic rings.